The molecule has 10 heteroatoms. The molecule has 0 spiro atoms. The van der Waals surface area contributed by atoms with Crippen LogP contribution in [0.5, 0.6) is 0 Å². The number of anilines is 1. The second kappa shape index (κ2) is 8.78. The lowest BCUT2D eigenvalue weighted by Gasteiger charge is -2.31. The van der Waals surface area contributed by atoms with E-state index >= 15 is 0 Å². The number of fused-ring (bicyclic) bond motifs is 1. The summed E-state index contributed by atoms with van der Waals surface area (Å²) in [4.78, 5) is 18.9. The van der Waals surface area contributed by atoms with Gasteiger partial charge in [-0.15, -0.1) is 0 Å². The summed E-state index contributed by atoms with van der Waals surface area (Å²) in [7, 11) is 0. The Balaban J connectivity index is 0.000000183. The monoisotopic (exact) mass is 450 g/mol. The molecule has 1 aromatic carbocycles. The van der Waals surface area contributed by atoms with E-state index in [1.54, 1.807) is 30.6 Å². The van der Waals surface area contributed by atoms with Gasteiger partial charge >= 0.3 is 0 Å². The largest absolute Gasteiger partial charge is 0.339 e. The van der Waals surface area contributed by atoms with Crippen molar-refractivity contribution in [3.63, 3.8) is 0 Å². The van der Waals surface area contributed by atoms with E-state index in [2.05, 4.69) is 26.5 Å². The first-order chi connectivity index (χ1) is 15.8. The van der Waals surface area contributed by atoms with Crippen molar-refractivity contribution in [2.75, 3.05) is 5.32 Å². The molecule has 0 unspecified atom stereocenters. The number of benzene rings is 1. The maximum absolute atomic E-state index is 12.9. The van der Waals surface area contributed by atoms with Crippen LogP contribution in [0.4, 0.5) is 14.5 Å². The summed E-state index contributed by atoms with van der Waals surface area (Å²) in [6.07, 6.45) is 3.67. The van der Waals surface area contributed by atoms with Gasteiger partial charge in [-0.1, -0.05) is 17.3 Å². The van der Waals surface area contributed by atoms with E-state index in [9.17, 15) is 13.6 Å². The van der Waals surface area contributed by atoms with Crippen LogP contribution in [0.25, 0.3) is 17.0 Å². The highest BCUT2D eigenvalue weighted by Gasteiger charge is 2.48. The average Bonchev–Trinajstić information content (AvgIpc) is 3.41. The summed E-state index contributed by atoms with van der Waals surface area (Å²) in [6, 6.07) is 11.0. The first-order valence-electron chi connectivity index (χ1n) is 10.2. The van der Waals surface area contributed by atoms with Gasteiger partial charge < -0.3 is 14.2 Å². The van der Waals surface area contributed by atoms with Crippen LogP contribution in [-0.2, 0) is 4.79 Å². The molecule has 4 aromatic rings. The molecule has 1 aliphatic carbocycles. The Labute approximate surface area is 187 Å². The third-order valence-corrected chi connectivity index (χ3v) is 5.41. The summed E-state index contributed by atoms with van der Waals surface area (Å²) >= 11 is 0. The highest BCUT2D eigenvalue weighted by molar-refractivity contribution is 5.76. The first kappa shape index (κ1) is 22.1. The van der Waals surface area contributed by atoms with Crippen molar-refractivity contribution in [2.24, 2.45) is 0 Å². The number of nitrogens with one attached hydrogen (secondary N) is 1. The van der Waals surface area contributed by atoms with Crippen LogP contribution in [0.1, 0.15) is 41.5 Å². The highest BCUT2D eigenvalue weighted by atomic mass is 19.3. The molecule has 0 atom stereocenters. The molecule has 1 aliphatic rings. The maximum Gasteiger partial charge on any atom is 0.249 e. The van der Waals surface area contributed by atoms with Gasteiger partial charge in [-0.05, 0) is 37.6 Å². The zero-order valence-corrected chi connectivity index (χ0v) is 17.9. The first-order valence-corrected chi connectivity index (χ1v) is 10.2. The van der Waals surface area contributed by atoms with Gasteiger partial charge in [-0.2, -0.15) is 10.2 Å². The fourth-order valence-electron chi connectivity index (χ4n) is 3.50. The third-order valence-electron chi connectivity index (χ3n) is 5.41. The smallest absolute Gasteiger partial charge is 0.249 e. The van der Waals surface area contributed by atoms with Crippen LogP contribution in [-0.4, -0.2) is 31.9 Å². The lowest BCUT2D eigenvalue weighted by atomic mass is 9.81. The van der Waals surface area contributed by atoms with Gasteiger partial charge in [0.1, 0.15) is 11.7 Å². The number of alkyl halides is 2. The number of nitrogens with zero attached hydrogens (tertiary/aromatic N) is 5. The number of carbonyl (C=O) groups is 1. The molecule has 168 valence electrons. The van der Waals surface area contributed by atoms with Crippen LogP contribution in [0.2, 0.25) is 0 Å². The van der Waals surface area contributed by atoms with Gasteiger partial charge in [0, 0.05) is 48.1 Å². The fraction of sp³-hybridized carbons (Fsp3) is 0.261. The number of hydrogen-bond acceptors (Lipinski definition) is 6. The summed E-state index contributed by atoms with van der Waals surface area (Å²) in [5.41, 5.74) is 4.78. The molecule has 0 bridgehead atoms. The van der Waals surface area contributed by atoms with E-state index in [1.807, 2.05) is 30.4 Å². The summed E-state index contributed by atoms with van der Waals surface area (Å²) in [6.45, 7) is 3.81. The SMILES string of the molecule is Cc1ccc(-c2noc(C3CC(F)(F)C3)n2)cc1NC=O.Cc1cnc2ccc(C#N)cn12. The lowest BCUT2D eigenvalue weighted by Crippen LogP contribution is -2.33. The van der Waals surface area contributed by atoms with E-state index in [0.717, 1.165) is 16.9 Å². The van der Waals surface area contributed by atoms with Crippen molar-refractivity contribution in [1.29, 1.82) is 5.26 Å². The van der Waals surface area contributed by atoms with E-state index in [4.69, 9.17) is 9.78 Å². The van der Waals surface area contributed by atoms with Crippen molar-refractivity contribution >= 4 is 17.7 Å². The van der Waals surface area contributed by atoms with Crippen LogP contribution in [0.3, 0.4) is 0 Å². The van der Waals surface area contributed by atoms with E-state index in [1.165, 1.54) is 0 Å². The van der Waals surface area contributed by atoms with Gasteiger partial charge in [-0.3, -0.25) is 4.79 Å². The predicted octanol–water partition coefficient (Wildman–Crippen LogP) is 4.64. The second-order valence-electron chi connectivity index (χ2n) is 7.87. The molecule has 3 heterocycles. The number of aryl methyl sites for hydroxylation is 2. The number of hydrogen-bond donors (Lipinski definition) is 1. The number of halogens is 2. The normalized spacial score (nSPS) is 14.6. The Morgan fingerprint density at radius 1 is 1.27 bits per heavy atom. The Bertz CT molecular complexity index is 1350. The number of nitriles is 1. The lowest BCUT2D eigenvalue weighted by molar-refractivity contribution is -0.105. The molecular formula is C23H20F2N6O2. The number of carbonyl (C=O) groups excluding carboxylic acids is 1. The number of amides is 1. The number of pyridine rings is 1. The minimum absolute atomic E-state index is 0.237. The standard InChI is InChI=1S/C14H13F2N3O2.C9H7N3/c1-8-2-3-9(4-11(8)17-7-20)12-18-13(21-19-12)10-5-14(15,16)6-10;1-7-5-11-9-3-2-8(4-10)6-12(7)9/h2-4,7,10H,5-6H2,1H3,(H,17,20);2-3,5-6H,1H3. The van der Waals surface area contributed by atoms with Gasteiger partial charge in [0.2, 0.25) is 24.0 Å². The van der Waals surface area contributed by atoms with Crippen molar-refractivity contribution < 1.29 is 18.1 Å². The zero-order chi connectivity index (χ0) is 23.6. The average molecular weight is 450 g/mol. The Kier molecular flexibility index (Phi) is 5.87. The van der Waals surface area contributed by atoms with Crippen LogP contribution in [0, 0.1) is 25.2 Å². The molecule has 1 fully saturated rings. The van der Waals surface area contributed by atoms with Crippen LogP contribution >= 0.6 is 0 Å². The minimum Gasteiger partial charge on any atom is -0.339 e. The number of aromatic nitrogens is 4. The Hall–Kier alpha value is -4.13. The van der Waals surface area contributed by atoms with Gasteiger partial charge in [0.05, 0.1) is 5.56 Å². The summed E-state index contributed by atoms with van der Waals surface area (Å²) in [5.74, 6) is -2.43. The Morgan fingerprint density at radius 2 is 2.06 bits per heavy atom. The molecule has 33 heavy (non-hydrogen) atoms. The molecule has 3 aromatic heterocycles. The third kappa shape index (κ3) is 4.72. The molecule has 0 radical (unpaired) electrons. The van der Waals surface area contributed by atoms with E-state index in [0.29, 0.717) is 29.0 Å². The van der Waals surface area contributed by atoms with Crippen LogP contribution in [0.15, 0.2) is 47.2 Å². The molecule has 1 N–H and O–H groups in total. The van der Waals surface area contributed by atoms with Gasteiger partial charge in [0.25, 0.3) is 0 Å². The quantitative estimate of drug-likeness (QED) is 0.454. The summed E-state index contributed by atoms with van der Waals surface area (Å²) in [5, 5.41) is 15.0. The second-order valence-corrected chi connectivity index (χ2v) is 7.87. The highest BCUT2D eigenvalue weighted by Crippen LogP contribution is 2.47. The van der Waals surface area contributed by atoms with Gasteiger partial charge in [-0.25, -0.2) is 13.8 Å². The van der Waals surface area contributed by atoms with Crippen molar-refractivity contribution in [3.8, 4) is 17.5 Å². The molecule has 8 nitrogen and oxygen atoms in total. The molecule has 1 amide bonds. The number of imidazole rings is 1. The molecule has 0 aliphatic heterocycles. The molecular weight excluding hydrogens is 430 g/mol. The molecule has 1 saturated carbocycles. The number of rotatable bonds is 4. The minimum atomic E-state index is -2.62. The van der Waals surface area contributed by atoms with E-state index in [-0.39, 0.29) is 24.7 Å². The Morgan fingerprint density at radius 3 is 2.76 bits per heavy atom. The van der Waals surface area contributed by atoms with Crippen LogP contribution < -0.4 is 5.32 Å². The molecule has 5 rings (SSSR count). The zero-order valence-electron chi connectivity index (χ0n) is 17.9. The maximum atomic E-state index is 12.9. The molecule has 0 saturated heterocycles. The fourth-order valence-corrected chi connectivity index (χ4v) is 3.50. The van der Waals surface area contributed by atoms with Crippen molar-refractivity contribution in [1.82, 2.24) is 19.5 Å². The van der Waals surface area contributed by atoms with Crippen molar-refractivity contribution in [2.45, 2.75) is 38.5 Å². The van der Waals surface area contributed by atoms with Gasteiger partial charge in [0.15, 0.2) is 0 Å². The van der Waals surface area contributed by atoms with Crippen molar-refractivity contribution in [3.05, 3.63) is 65.4 Å². The van der Waals surface area contributed by atoms with E-state index < -0.39 is 5.92 Å². The summed E-state index contributed by atoms with van der Waals surface area (Å²) < 4.78 is 32.7. The predicted molar refractivity (Wildman–Crippen MR) is 116 cm³/mol. The topological polar surface area (TPSA) is 109 Å².